The van der Waals surface area contributed by atoms with Crippen LogP contribution in [-0.2, 0) is 11.3 Å². The van der Waals surface area contributed by atoms with Crippen LogP contribution in [0.2, 0.25) is 5.02 Å². The number of rotatable bonds is 6. The second kappa shape index (κ2) is 7.40. The van der Waals surface area contributed by atoms with Crippen LogP contribution in [0.25, 0.3) is 0 Å². The van der Waals surface area contributed by atoms with E-state index in [0.717, 1.165) is 10.8 Å². The maximum Gasteiger partial charge on any atom is 0.330 e. The first-order chi connectivity index (χ1) is 11.0. The molecule has 0 bridgehead atoms. The highest BCUT2D eigenvalue weighted by Crippen LogP contribution is 2.23. The molecule has 1 unspecified atom stereocenters. The zero-order valence-electron chi connectivity index (χ0n) is 12.1. The van der Waals surface area contributed by atoms with E-state index in [0.29, 0.717) is 16.3 Å². The van der Waals surface area contributed by atoms with Gasteiger partial charge in [-0.15, -0.1) is 0 Å². The van der Waals surface area contributed by atoms with Crippen LogP contribution in [0.4, 0.5) is 4.39 Å². The minimum atomic E-state index is -1.12. The summed E-state index contributed by atoms with van der Waals surface area (Å²) in [6.07, 6.45) is -0.232. The van der Waals surface area contributed by atoms with E-state index in [4.69, 9.17) is 21.1 Å². The molecular formula is C14H14ClFN2O5. The Bertz CT molecular complexity index is 804. The quantitative estimate of drug-likeness (QED) is 0.817. The maximum atomic E-state index is 13.3. The highest BCUT2D eigenvalue weighted by atomic mass is 35.5. The standard InChI is InChI=1S/C14H14ClFN2O5/c1-22-12(18-5-10(16)13(20)17-14(18)21)7-23-11-3-2-9(15)4-8(11)6-19/h2-5,12,19H,6-7H2,1H3,(H,17,20,21). The fourth-order valence-corrected chi connectivity index (χ4v) is 2.10. The lowest BCUT2D eigenvalue weighted by Gasteiger charge is -2.19. The van der Waals surface area contributed by atoms with Crippen molar-refractivity contribution in [1.82, 2.24) is 9.55 Å². The number of aromatic amines is 1. The topological polar surface area (TPSA) is 93.5 Å². The molecule has 7 nitrogen and oxygen atoms in total. The van der Waals surface area contributed by atoms with Gasteiger partial charge in [0, 0.05) is 17.7 Å². The monoisotopic (exact) mass is 344 g/mol. The molecule has 124 valence electrons. The number of nitrogens with one attached hydrogen (secondary N) is 1. The molecule has 0 aliphatic heterocycles. The Morgan fingerprint density at radius 2 is 2.17 bits per heavy atom. The largest absolute Gasteiger partial charge is 0.488 e. The van der Waals surface area contributed by atoms with E-state index in [1.165, 1.54) is 13.2 Å². The molecule has 0 radical (unpaired) electrons. The molecule has 2 aromatic rings. The van der Waals surface area contributed by atoms with E-state index in [-0.39, 0.29) is 13.2 Å². The van der Waals surface area contributed by atoms with Crippen LogP contribution >= 0.6 is 11.6 Å². The summed E-state index contributed by atoms with van der Waals surface area (Å²) >= 11 is 5.82. The van der Waals surface area contributed by atoms with Crippen molar-refractivity contribution in [2.24, 2.45) is 0 Å². The molecule has 9 heteroatoms. The number of aliphatic hydroxyl groups excluding tert-OH is 1. The van der Waals surface area contributed by atoms with Crippen LogP contribution in [0.15, 0.2) is 34.0 Å². The summed E-state index contributed by atoms with van der Waals surface area (Å²) in [5, 5.41) is 9.71. The Hall–Kier alpha value is -2.16. The van der Waals surface area contributed by atoms with Crippen molar-refractivity contribution < 1.29 is 19.0 Å². The zero-order valence-corrected chi connectivity index (χ0v) is 12.8. The highest BCUT2D eigenvalue weighted by molar-refractivity contribution is 6.30. The van der Waals surface area contributed by atoms with Gasteiger partial charge in [-0.1, -0.05) is 11.6 Å². The number of hydrogen-bond acceptors (Lipinski definition) is 5. The Balaban J connectivity index is 2.23. The Morgan fingerprint density at radius 1 is 1.43 bits per heavy atom. The van der Waals surface area contributed by atoms with Gasteiger partial charge in [0.1, 0.15) is 12.4 Å². The molecule has 1 aromatic carbocycles. The lowest BCUT2D eigenvalue weighted by Crippen LogP contribution is -2.36. The van der Waals surface area contributed by atoms with Crippen LogP contribution in [0.1, 0.15) is 11.8 Å². The number of nitrogens with zero attached hydrogens (tertiary/aromatic N) is 1. The zero-order chi connectivity index (χ0) is 17.0. The van der Waals surface area contributed by atoms with Gasteiger partial charge < -0.3 is 14.6 Å². The number of ether oxygens (including phenoxy) is 2. The smallest absolute Gasteiger partial charge is 0.330 e. The van der Waals surface area contributed by atoms with Crippen molar-refractivity contribution in [3.05, 3.63) is 61.6 Å². The number of aromatic nitrogens is 2. The first kappa shape index (κ1) is 17.2. The van der Waals surface area contributed by atoms with Crippen molar-refractivity contribution in [3.63, 3.8) is 0 Å². The molecule has 0 saturated carbocycles. The van der Waals surface area contributed by atoms with Crippen molar-refractivity contribution in [3.8, 4) is 5.75 Å². The van der Waals surface area contributed by atoms with Crippen LogP contribution in [-0.4, -0.2) is 28.4 Å². The molecule has 0 spiro atoms. The van der Waals surface area contributed by atoms with E-state index in [9.17, 15) is 19.1 Å². The molecule has 2 rings (SSSR count). The second-order valence-corrected chi connectivity index (χ2v) is 4.99. The van der Waals surface area contributed by atoms with Crippen LogP contribution in [0.5, 0.6) is 5.75 Å². The molecule has 0 aliphatic rings. The van der Waals surface area contributed by atoms with Crippen molar-refractivity contribution >= 4 is 11.6 Å². The molecule has 1 atom stereocenters. The molecule has 0 aliphatic carbocycles. The highest BCUT2D eigenvalue weighted by Gasteiger charge is 2.16. The van der Waals surface area contributed by atoms with E-state index >= 15 is 0 Å². The molecule has 1 aromatic heterocycles. The van der Waals surface area contributed by atoms with Gasteiger partial charge in [0.2, 0.25) is 5.82 Å². The van der Waals surface area contributed by atoms with Gasteiger partial charge in [-0.3, -0.25) is 14.3 Å². The number of hydrogen-bond donors (Lipinski definition) is 2. The summed E-state index contributed by atoms with van der Waals surface area (Å²) in [5.41, 5.74) is -1.49. The van der Waals surface area contributed by atoms with Gasteiger partial charge in [0.15, 0.2) is 6.23 Å². The fraction of sp³-hybridized carbons (Fsp3) is 0.286. The summed E-state index contributed by atoms with van der Waals surface area (Å²) in [6, 6.07) is 4.66. The first-order valence-corrected chi connectivity index (χ1v) is 6.90. The van der Waals surface area contributed by atoms with Gasteiger partial charge >= 0.3 is 5.69 Å². The van der Waals surface area contributed by atoms with Crippen LogP contribution < -0.4 is 16.0 Å². The summed E-state index contributed by atoms with van der Waals surface area (Å²) < 4.78 is 24.8. The predicted molar refractivity (Wildman–Crippen MR) is 80.2 cm³/mol. The van der Waals surface area contributed by atoms with Gasteiger partial charge in [0.05, 0.1) is 12.8 Å². The third kappa shape index (κ3) is 3.98. The van der Waals surface area contributed by atoms with Gasteiger partial charge in [-0.05, 0) is 18.2 Å². The van der Waals surface area contributed by atoms with E-state index in [1.807, 2.05) is 4.98 Å². The molecular weight excluding hydrogens is 331 g/mol. The number of halogens is 2. The lowest BCUT2D eigenvalue weighted by atomic mass is 10.2. The Morgan fingerprint density at radius 3 is 2.83 bits per heavy atom. The third-order valence-electron chi connectivity index (χ3n) is 3.08. The van der Waals surface area contributed by atoms with Gasteiger partial charge in [-0.2, -0.15) is 4.39 Å². The van der Waals surface area contributed by atoms with Crippen molar-refractivity contribution in [2.75, 3.05) is 13.7 Å². The molecule has 0 saturated heterocycles. The average molecular weight is 345 g/mol. The molecule has 0 amide bonds. The SMILES string of the molecule is COC(COc1ccc(Cl)cc1CO)n1cc(F)c(=O)[nH]c1=O. The summed E-state index contributed by atoms with van der Waals surface area (Å²) in [5.74, 6) is -0.772. The molecule has 1 heterocycles. The second-order valence-electron chi connectivity index (χ2n) is 4.56. The van der Waals surface area contributed by atoms with Crippen molar-refractivity contribution in [2.45, 2.75) is 12.8 Å². The minimum absolute atomic E-state index is 0.156. The lowest BCUT2D eigenvalue weighted by molar-refractivity contribution is 0.000905. The molecule has 2 N–H and O–H groups in total. The number of aliphatic hydroxyl groups is 1. The van der Waals surface area contributed by atoms with Crippen LogP contribution in [0.3, 0.4) is 0 Å². The Labute approximate surface area is 134 Å². The van der Waals surface area contributed by atoms with Crippen LogP contribution in [0, 0.1) is 5.82 Å². The number of H-pyrrole nitrogens is 1. The van der Waals surface area contributed by atoms with Gasteiger partial charge in [0.25, 0.3) is 5.56 Å². The van der Waals surface area contributed by atoms with Gasteiger partial charge in [-0.25, -0.2) is 4.79 Å². The summed E-state index contributed by atoms with van der Waals surface area (Å²) in [6.45, 7) is -0.447. The van der Waals surface area contributed by atoms with E-state index in [2.05, 4.69) is 0 Å². The van der Waals surface area contributed by atoms with E-state index in [1.54, 1.807) is 12.1 Å². The third-order valence-corrected chi connectivity index (χ3v) is 3.32. The Kier molecular flexibility index (Phi) is 5.54. The summed E-state index contributed by atoms with van der Waals surface area (Å²) in [4.78, 5) is 24.6. The number of methoxy groups -OCH3 is 1. The first-order valence-electron chi connectivity index (χ1n) is 6.52. The maximum absolute atomic E-state index is 13.3. The van der Waals surface area contributed by atoms with E-state index < -0.39 is 23.3 Å². The normalized spacial score (nSPS) is 12.2. The minimum Gasteiger partial charge on any atom is -0.488 e. The predicted octanol–water partition coefficient (Wildman–Crippen LogP) is 1.05. The molecule has 0 fully saturated rings. The number of benzene rings is 1. The average Bonchev–Trinajstić information content (AvgIpc) is 2.53. The summed E-state index contributed by atoms with van der Waals surface area (Å²) in [7, 11) is 1.30. The molecule has 23 heavy (non-hydrogen) atoms. The fourth-order valence-electron chi connectivity index (χ4n) is 1.91. The van der Waals surface area contributed by atoms with Crippen molar-refractivity contribution in [1.29, 1.82) is 0 Å².